The van der Waals surface area contributed by atoms with E-state index in [4.69, 9.17) is 17.3 Å². The Hall–Kier alpha value is -1.04. The third-order valence-electron chi connectivity index (χ3n) is 2.21. The van der Waals surface area contributed by atoms with Gasteiger partial charge in [0.15, 0.2) is 0 Å². The van der Waals surface area contributed by atoms with Gasteiger partial charge in [0.05, 0.1) is 29.7 Å². The minimum absolute atomic E-state index is 0.262. The van der Waals surface area contributed by atoms with Crippen LogP contribution in [-0.4, -0.2) is 8.75 Å². The highest BCUT2D eigenvalue weighted by Gasteiger charge is 2.12. The Morgan fingerprint density at radius 1 is 1.50 bits per heavy atom. The molecule has 0 aliphatic carbocycles. The highest BCUT2D eigenvalue weighted by molar-refractivity contribution is 6.99. The maximum Gasteiger partial charge on any atom is 0.124 e. The van der Waals surface area contributed by atoms with E-state index in [0.717, 1.165) is 23.0 Å². The molecule has 2 rings (SSSR count). The Morgan fingerprint density at radius 3 is 2.94 bits per heavy atom. The van der Waals surface area contributed by atoms with Gasteiger partial charge in [-0.1, -0.05) is 17.7 Å². The lowest BCUT2D eigenvalue weighted by Crippen LogP contribution is -2.13. The zero-order chi connectivity index (χ0) is 11.5. The van der Waals surface area contributed by atoms with Crippen molar-refractivity contribution in [2.45, 2.75) is 12.5 Å². The van der Waals surface area contributed by atoms with Crippen molar-refractivity contribution in [2.24, 2.45) is 5.73 Å². The van der Waals surface area contributed by atoms with Crippen LogP contribution in [0.15, 0.2) is 24.4 Å². The minimum atomic E-state index is -0.349. The molecule has 1 aromatic carbocycles. The first-order valence-electron chi connectivity index (χ1n) is 4.64. The number of rotatable bonds is 3. The molecule has 2 N–H and O–H groups in total. The van der Waals surface area contributed by atoms with Crippen molar-refractivity contribution in [2.75, 3.05) is 0 Å². The first-order valence-corrected chi connectivity index (χ1v) is 5.74. The quantitative estimate of drug-likeness (QED) is 0.920. The molecule has 0 amide bonds. The number of benzene rings is 1. The average molecular weight is 258 g/mol. The minimum Gasteiger partial charge on any atom is -0.322 e. The summed E-state index contributed by atoms with van der Waals surface area (Å²) in [6.07, 6.45) is 2.15. The Labute approximate surface area is 101 Å². The summed E-state index contributed by atoms with van der Waals surface area (Å²) in [4.78, 5) is 0. The maximum atomic E-state index is 12.8. The number of nitrogens with two attached hydrogens (primary N) is 1. The van der Waals surface area contributed by atoms with Crippen LogP contribution in [0.2, 0.25) is 5.02 Å². The number of hydrogen-bond donors (Lipinski definition) is 1. The van der Waals surface area contributed by atoms with Crippen molar-refractivity contribution in [3.05, 3.63) is 46.5 Å². The molecular formula is C10H9ClFN3S. The summed E-state index contributed by atoms with van der Waals surface area (Å²) in [6, 6.07) is 4.02. The molecule has 3 nitrogen and oxygen atoms in total. The zero-order valence-electron chi connectivity index (χ0n) is 8.23. The Balaban J connectivity index is 2.15. The Kier molecular flexibility index (Phi) is 3.48. The topological polar surface area (TPSA) is 51.8 Å². The molecule has 0 aliphatic heterocycles. The zero-order valence-corrected chi connectivity index (χ0v) is 9.80. The molecule has 0 aliphatic rings. The van der Waals surface area contributed by atoms with Gasteiger partial charge in [-0.3, -0.25) is 0 Å². The van der Waals surface area contributed by atoms with Crippen LogP contribution in [0.5, 0.6) is 0 Å². The molecule has 0 fully saturated rings. The standard InChI is InChI=1S/C10H9ClFN3S/c11-8-4-7(12)2-1-6(8)3-9(13)10-5-14-16-15-10/h1-2,4-5,9H,3,13H2. The predicted octanol–water partition coefficient (Wildman–Crippen LogP) is 2.57. The van der Waals surface area contributed by atoms with E-state index in [9.17, 15) is 4.39 Å². The molecule has 0 saturated carbocycles. The molecular weight excluding hydrogens is 249 g/mol. The van der Waals surface area contributed by atoms with Crippen LogP contribution < -0.4 is 5.73 Å². The van der Waals surface area contributed by atoms with Crippen LogP contribution in [0.3, 0.4) is 0 Å². The lowest BCUT2D eigenvalue weighted by molar-refractivity contribution is 0.625. The average Bonchev–Trinajstić information content (AvgIpc) is 2.75. The van der Waals surface area contributed by atoms with Crippen LogP contribution >= 0.6 is 23.3 Å². The van der Waals surface area contributed by atoms with Crippen molar-refractivity contribution < 1.29 is 4.39 Å². The molecule has 2 aromatic rings. The molecule has 0 bridgehead atoms. The summed E-state index contributed by atoms with van der Waals surface area (Å²) < 4.78 is 20.7. The maximum absolute atomic E-state index is 12.8. The van der Waals surface area contributed by atoms with E-state index < -0.39 is 0 Å². The second-order valence-corrected chi connectivity index (χ2v) is 4.34. The summed E-state index contributed by atoms with van der Waals surface area (Å²) in [5, 5.41) is 0.388. The second kappa shape index (κ2) is 4.86. The fourth-order valence-corrected chi connectivity index (χ4v) is 2.09. The van der Waals surface area contributed by atoms with Crippen LogP contribution in [-0.2, 0) is 6.42 Å². The lowest BCUT2D eigenvalue weighted by atomic mass is 10.0. The van der Waals surface area contributed by atoms with E-state index in [1.165, 1.54) is 12.1 Å². The number of halogens is 2. The SMILES string of the molecule is NC(Cc1ccc(F)cc1Cl)c1cnsn1. The Morgan fingerprint density at radius 2 is 2.31 bits per heavy atom. The number of aromatic nitrogens is 2. The summed E-state index contributed by atoms with van der Waals surface area (Å²) in [5.41, 5.74) is 7.47. The summed E-state index contributed by atoms with van der Waals surface area (Å²) >= 11 is 7.02. The summed E-state index contributed by atoms with van der Waals surface area (Å²) in [5.74, 6) is -0.349. The van der Waals surface area contributed by atoms with E-state index >= 15 is 0 Å². The molecule has 0 spiro atoms. The number of hydrogen-bond acceptors (Lipinski definition) is 4. The van der Waals surface area contributed by atoms with E-state index in [1.807, 2.05) is 0 Å². The van der Waals surface area contributed by atoms with Gasteiger partial charge in [-0.05, 0) is 24.1 Å². The van der Waals surface area contributed by atoms with Gasteiger partial charge < -0.3 is 5.73 Å². The smallest absolute Gasteiger partial charge is 0.124 e. The fraction of sp³-hybridized carbons (Fsp3) is 0.200. The monoisotopic (exact) mass is 257 g/mol. The summed E-state index contributed by atoms with van der Waals surface area (Å²) in [7, 11) is 0. The predicted molar refractivity (Wildman–Crippen MR) is 62.0 cm³/mol. The fourth-order valence-electron chi connectivity index (χ4n) is 1.36. The molecule has 6 heteroatoms. The van der Waals surface area contributed by atoms with Crippen molar-refractivity contribution in [1.82, 2.24) is 8.75 Å². The van der Waals surface area contributed by atoms with Crippen molar-refractivity contribution in [3.8, 4) is 0 Å². The van der Waals surface area contributed by atoms with Crippen LogP contribution in [0.25, 0.3) is 0 Å². The van der Waals surface area contributed by atoms with Crippen LogP contribution in [0.1, 0.15) is 17.3 Å². The van der Waals surface area contributed by atoms with E-state index in [-0.39, 0.29) is 11.9 Å². The van der Waals surface area contributed by atoms with Crippen LogP contribution in [0, 0.1) is 5.82 Å². The van der Waals surface area contributed by atoms with Gasteiger partial charge in [0, 0.05) is 5.02 Å². The highest BCUT2D eigenvalue weighted by Crippen LogP contribution is 2.22. The van der Waals surface area contributed by atoms with Crippen LogP contribution in [0.4, 0.5) is 4.39 Å². The third kappa shape index (κ3) is 2.55. The van der Waals surface area contributed by atoms with Gasteiger partial charge in [0.25, 0.3) is 0 Å². The molecule has 0 saturated heterocycles. The van der Waals surface area contributed by atoms with Gasteiger partial charge in [-0.2, -0.15) is 8.75 Å². The second-order valence-electron chi connectivity index (χ2n) is 3.38. The van der Waals surface area contributed by atoms with Gasteiger partial charge in [-0.25, -0.2) is 4.39 Å². The number of nitrogens with zero attached hydrogens (tertiary/aromatic N) is 2. The normalized spacial score (nSPS) is 12.7. The van der Waals surface area contributed by atoms with Crippen molar-refractivity contribution in [3.63, 3.8) is 0 Å². The van der Waals surface area contributed by atoms with Gasteiger partial charge in [-0.15, -0.1) is 0 Å². The third-order valence-corrected chi connectivity index (χ3v) is 3.06. The van der Waals surface area contributed by atoms with Gasteiger partial charge in [0.2, 0.25) is 0 Å². The molecule has 84 valence electrons. The molecule has 1 heterocycles. The largest absolute Gasteiger partial charge is 0.322 e. The van der Waals surface area contributed by atoms with Crippen molar-refractivity contribution >= 4 is 23.3 Å². The Bertz CT molecular complexity index is 475. The summed E-state index contributed by atoms with van der Waals surface area (Å²) in [6.45, 7) is 0. The van der Waals surface area contributed by atoms with Gasteiger partial charge in [0.1, 0.15) is 5.82 Å². The van der Waals surface area contributed by atoms with E-state index in [0.29, 0.717) is 11.4 Å². The first-order chi connectivity index (χ1) is 7.66. The van der Waals surface area contributed by atoms with E-state index in [2.05, 4.69) is 8.75 Å². The highest BCUT2D eigenvalue weighted by atomic mass is 35.5. The lowest BCUT2D eigenvalue weighted by Gasteiger charge is -2.09. The van der Waals surface area contributed by atoms with E-state index in [1.54, 1.807) is 12.3 Å². The molecule has 16 heavy (non-hydrogen) atoms. The molecule has 1 unspecified atom stereocenters. The van der Waals surface area contributed by atoms with Crippen molar-refractivity contribution in [1.29, 1.82) is 0 Å². The first kappa shape index (κ1) is 11.4. The molecule has 1 atom stereocenters. The molecule has 1 aromatic heterocycles. The molecule has 0 radical (unpaired) electrons. The van der Waals surface area contributed by atoms with Gasteiger partial charge >= 0.3 is 0 Å².